The summed E-state index contributed by atoms with van der Waals surface area (Å²) in [5.74, 6) is -0.999. The first-order chi connectivity index (χ1) is 16.6. The molecule has 2 aromatic carbocycles. The van der Waals surface area contributed by atoms with E-state index in [4.69, 9.17) is 0 Å². The second kappa shape index (κ2) is 10.1. The molecule has 1 fully saturated rings. The number of amides is 1. The molecule has 12 heteroatoms. The molecule has 0 unspecified atom stereocenters. The van der Waals surface area contributed by atoms with Crippen LogP contribution in [0.1, 0.15) is 5.56 Å². The Morgan fingerprint density at radius 2 is 1.57 bits per heavy atom. The van der Waals surface area contributed by atoms with E-state index < -0.39 is 38.3 Å². The van der Waals surface area contributed by atoms with Crippen molar-refractivity contribution in [2.45, 2.75) is 16.0 Å². The molecule has 1 aliphatic heterocycles. The molecule has 0 aliphatic carbocycles. The third kappa shape index (κ3) is 5.40. The fraction of sp³-hybridized carbons (Fsp3) is 0.261. The zero-order valence-corrected chi connectivity index (χ0v) is 21.3. The molecular formula is C23H24FN3O5S3. The fourth-order valence-corrected chi connectivity index (χ4v) is 7.64. The first kappa shape index (κ1) is 25.3. The molecule has 0 atom stereocenters. The van der Waals surface area contributed by atoms with Gasteiger partial charge >= 0.3 is 0 Å². The average molecular weight is 538 g/mol. The number of hydrogen-bond donors (Lipinski definition) is 0. The summed E-state index contributed by atoms with van der Waals surface area (Å²) in [6.45, 7) is 1.82. The van der Waals surface area contributed by atoms with Gasteiger partial charge in [-0.15, -0.1) is 11.3 Å². The smallest absolute Gasteiger partial charge is 0.274 e. The number of carbonyl (C=O) groups excluding carboxylic acids is 1. The maximum atomic E-state index is 13.5. The number of piperazine rings is 1. The standard InChI is InChI=1S/C23H24FN3O5S3/c1-18-4-10-21(11-5-18)34(29,30)26-14-12-25(13-15-26)22(28)17-27(20-8-6-19(24)7-9-20)35(31,32)23-3-2-16-33-23/h2-11,16H,12-15,17H2,1H3. The highest BCUT2D eigenvalue weighted by molar-refractivity contribution is 7.94. The molecule has 0 saturated carbocycles. The molecule has 2 heterocycles. The van der Waals surface area contributed by atoms with Crippen molar-refractivity contribution >= 4 is 43.0 Å². The third-order valence-electron chi connectivity index (χ3n) is 5.68. The van der Waals surface area contributed by atoms with E-state index in [0.29, 0.717) is 0 Å². The molecule has 0 radical (unpaired) electrons. The van der Waals surface area contributed by atoms with Crippen LogP contribution in [0.2, 0.25) is 0 Å². The van der Waals surface area contributed by atoms with Crippen molar-refractivity contribution < 1.29 is 26.0 Å². The molecule has 8 nitrogen and oxygen atoms in total. The molecule has 35 heavy (non-hydrogen) atoms. The lowest BCUT2D eigenvalue weighted by Gasteiger charge is -2.35. The number of benzene rings is 2. The number of sulfonamides is 2. The lowest BCUT2D eigenvalue weighted by atomic mass is 10.2. The second-order valence-electron chi connectivity index (χ2n) is 8.02. The van der Waals surface area contributed by atoms with Crippen LogP contribution in [0.3, 0.4) is 0 Å². The molecule has 0 spiro atoms. The summed E-state index contributed by atoms with van der Waals surface area (Å²) in [7, 11) is -7.75. The first-order valence-electron chi connectivity index (χ1n) is 10.8. The van der Waals surface area contributed by atoms with E-state index in [9.17, 15) is 26.0 Å². The summed E-state index contributed by atoms with van der Waals surface area (Å²) in [6, 6.07) is 14.5. The zero-order chi connectivity index (χ0) is 25.2. The van der Waals surface area contributed by atoms with E-state index in [1.165, 1.54) is 27.4 Å². The quantitative estimate of drug-likeness (QED) is 0.462. The Morgan fingerprint density at radius 1 is 0.943 bits per heavy atom. The van der Waals surface area contributed by atoms with Crippen LogP contribution in [0.4, 0.5) is 10.1 Å². The topological polar surface area (TPSA) is 95.1 Å². The van der Waals surface area contributed by atoms with Gasteiger partial charge in [0.15, 0.2) is 0 Å². The maximum Gasteiger partial charge on any atom is 0.274 e. The summed E-state index contributed by atoms with van der Waals surface area (Å²) in [5.41, 5.74) is 1.11. The maximum absolute atomic E-state index is 13.5. The Morgan fingerprint density at radius 3 is 2.14 bits per heavy atom. The van der Waals surface area contributed by atoms with Gasteiger partial charge in [-0.1, -0.05) is 23.8 Å². The van der Waals surface area contributed by atoms with Crippen molar-refractivity contribution in [2.24, 2.45) is 0 Å². The predicted molar refractivity (Wildman–Crippen MR) is 132 cm³/mol. The SMILES string of the molecule is Cc1ccc(S(=O)(=O)N2CCN(C(=O)CN(c3ccc(F)cc3)S(=O)(=O)c3cccs3)CC2)cc1. The normalized spacial score (nSPS) is 15.2. The van der Waals surface area contributed by atoms with Gasteiger partial charge in [0.2, 0.25) is 15.9 Å². The number of rotatable bonds is 7. The van der Waals surface area contributed by atoms with Crippen molar-refractivity contribution in [1.29, 1.82) is 0 Å². The van der Waals surface area contributed by atoms with Gasteiger partial charge in [-0.3, -0.25) is 9.10 Å². The Bertz CT molecular complexity index is 1380. The van der Waals surface area contributed by atoms with Crippen LogP contribution in [0.25, 0.3) is 0 Å². The number of nitrogens with zero attached hydrogens (tertiary/aromatic N) is 3. The van der Waals surface area contributed by atoms with E-state index in [1.807, 2.05) is 6.92 Å². The number of halogens is 1. The van der Waals surface area contributed by atoms with E-state index in [0.717, 1.165) is 33.3 Å². The van der Waals surface area contributed by atoms with E-state index >= 15 is 0 Å². The molecule has 1 aliphatic rings. The minimum atomic E-state index is -4.06. The van der Waals surface area contributed by atoms with Gasteiger partial charge in [-0.2, -0.15) is 4.31 Å². The van der Waals surface area contributed by atoms with Gasteiger partial charge < -0.3 is 4.90 Å². The van der Waals surface area contributed by atoms with E-state index in [2.05, 4.69) is 0 Å². The van der Waals surface area contributed by atoms with Crippen LogP contribution in [0.5, 0.6) is 0 Å². The molecule has 186 valence electrons. The molecule has 3 aromatic rings. The van der Waals surface area contributed by atoms with Crippen molar-refractivity contribution in [3.05, 3.63) is 77.4 Å². The fourth-order valence-electron chi connectivity index (χ4n) is 3.70. The second-order valence-corrected chi connectivity index (χ2v) is 13.0. The number of hydrogen-bond acceptors (Lipinski definition) is 6. The van der Waals surface area contributed by atoms with Gasteiger partial charge in [-0.05, 0) is 54.8 Å². The average Bonchev–Trinajstić information content (AvgIpc) is 3.39. The van der Waals surface area contributed by atoms with Gasteiger partial charge in [0, 0.05) is 26.2 Å². The minimum absolute atomic E-state index is 0.0589. The molecule has 1 amide bonds. The Kier molecular flexibility index (Phi) is 7.27. The molecule has 1 saturated heterocycles. The minimum Gasteiger partial charge on any atom is -0.338 e. The summed E-state index contributed by atoms with van der Waals surface area (Å²) in [5, 5.41) is 1.62. The van der Waals surface area contributed by atoms with Gasteiger partial charge in [-0.25, -0.2) is 21.2 Å². The van der Waals surface area contributed by atoms with Gasteiger partial charge in [0.1, 0.15) is 16.6 Å². The number of thiophene rings is 1. The highest BCUT2D eigenvalue weighted by Crippen LogP contribution is 2.27. The Labute approximate surface area is 208 Å². The highest BCUT2D eigenvalue weighted by atomic mass is 32.2. The zero-order valence-electron chi connectivity index (χ0n) is 18.9. The monoisotopic (exact) mass is 537 g/mol. The van der Waals surface area contributed by atoms with E-state index in [-0.39, 0.29) is 41.0 Å². The van der Waals surface area contributed by atoms with Gasteiger partial charge in [0.05, 0.1) is 10.6 Å². The highest BCUT2D eigenvalue weighted by Gasteiger charge is 2.33. The number of anilines is 1. The summed E-state index contributed by atoms with van der Waals surface area (Å²) >= 11 is 1.02. The lowest BCUT2D eigenvalue weighted by molar-refractivity contribution is -0.130. The van der Waals surface area contributed by atoms with Crippen LogP contribution < -0.4 is 4.31 Å². The van der Waals surface area contributed by atoms with Crippen molar-refractivity contribution in [3.63, 3.8) is 0 Å². The summed E-state index contributed by atoms with van der Waals surface area (Å²) in [4.78, 5) is 14.7. The van der Waals surface area contributed by atoms with Crippen molar-refractivity contribution in [1.82, 2.24) is 9.21 Å². The Hall–Kier alpha value is -2.80. The molecular weight excluding hydrogens is 513 g/mol. The molecule has 1 aromatic heterocycles. The lowest BCUT2D eigenvalue weighted by Crippen LogP contribution is -2.53. The van der Waals surface area contributed by atoms with Crippen LogP contribution in [0.15, 0.2) is 75.1 Å². The first-order valence-corrected chi connectivity index (χ1v) is 14.5. The largest absolute Gasteiger partial charge is 0.338 e. The van der Waals surface area contributed by atoms with Crippen molar-refractivity contribution in [2.75, 3.05) is 37.0 Å². The Balaban J connectivity index is 1.49. The van der Waals surface area contributed by atoms with Gasteiger partial charge in [0.25, 0.3) is 10.0 Å². The third-order valence-corrected chi connectivity index (χ3v) is 10.7. The van der Waals surface area contributed by atoms with E-state index in [1.54, 1.807) is 35.7 Å². The van der Waals surface area contributed by atoms with Crippen LogP contribution in [0, 0.1) is 12.7 Å². The molecule has 4 rings (SSSR count). The molecule has 0 N–H and O–H groups in total. The number of aryl methyl sites for hydroxylation is 1. The number of carbonyl (C=O) groups is 1. The van der Waals surface area contributed by atoms with Crippen LogP contribution in [-0.2, 0) is 24.8 Å². The van der Waals surface area contributed by atoms with Crippen molar-refractivity contribution in [3.8, 4) is 0 Å². The molecule has 0 bridgehead atoms. The van der Waals surface area contributed by atoms with Crippen LogP contribution >= 0.6 is 11.3 Å². The predicted octanol–water partition coefficient (Wildman–Crippen LogP) is 2.92. The van der Waals surface area contributed by atoms with Crippen LogP contribution in [-0.4, -0.2) is 64.7 Å². The summed E-state index contributed by atoms with van der Waals surface area (Å²) < 4.78 is 68.1. The summed E-state index contributed by atoms with van der Waals surface area (Å²) in [6.07, 6.45) is 0.